The molecule has 2 N–H and O–H groups in total. The van der Waals surface area contributed by atoms with Gasteiger partial charge in [-0.1, -0.05) is 43.5 Å². The minimum Gasteiger partial charge on any atom is -0.493 e. The zero-order valence-electron chi connectivity index (χ0n) is 19.5. The smallest absolute Gasteiger partial charge is 0.248 e. The maximum absolute atomic E-state index is 12.7. The molecule has 0 saturated heterocycles. The van der Waals surface area contributed by atoms with Crippen molar-refractivity contribution in [3.63, 3.8) is 0 Å². The lowest BCUT2D eigenvalue weighted by molar-refractivity contribution is -0.111. The number of rotatable bonds is 11. The molecule has 0 saturated carbocycles. The number of para-hydroxylation sites is 1. The lowest BCUT2D eigenvalue weighted by Crippen LogP contribution is -2.11. The Hall–Kier alpha value is -4.09. The summed E-state index contributed by atoms with van der Waals surface area (Å²) in [6, 6.07) is 12.4. The van der Waals surface area contributed by atoms with E-state index in [1.165, 1.54) is 18.5 Å². The Bertz CT molecular complexity index is 1220. The molecule has 180 valence electrons. The first-order valence-corrected chi connectivity index (χ1v) is 11.5. The van der Waals surface area contributed by atoms with Crippen LogP contribution in [-0.4, -0.2) is 29.6 Å². The monoisotopic (exact) mass is 491 g/mol. The highest BCUT2D eigenvalue weighted by atomic mass is 35.5. The van der Waals surface area contributed by atoms with E-state index in [0.29, 0.717) is 46.0 Å². The first-order valence-electron chi connectivity index (χ1n) is 11.1. The van der Waals surface area contributed by atoms with E-state index in [1.807, 2.05) is 24.3 Å². The molecule has 1 amide bonds. The number of ether oxygens (including phenoxy) is 2. The fourth-order valence-corrected chi connectivity index (χ4v) is 3.29. The quantitative estimate of drug-likeness (QED) is 0.251. The van der Waals surface area contributed by atoms with Crippen molar-refractivity contribution in [1.29, 1.82) is 5.26 Å². The molecule has 0 atom stereocenters. The fourth-order valence-electron chi connectivity index (χ4n) is 3.13. The number of anilines is 3. The molecule has 0 aliphatic carbocycles. The zero-order valence-corrected chi connectivity index (χ0v) is 20.3. The number of carbonyl (C=O) groups is 1. The van der Waals surface area contributed by atoms with Crippen molar-refractivity contribution in [3.05, 3.63) is 71.0 Å². The number of pyridine rings is 2. The molecule has 3 aromatic rings. The van der Waals surface area contributed by atoms with E-state index < -0.39 is 0 Å². The third-order valence-electron chi connectivity index (χ3n) is 4.89. The molecule has 2 aromatic heterocycles. The van der Waals surface area contributed by atoms with Gasteiger partial charge in [-0.05, 0) is 36.8 Å². The predicted molar refractivity (Wildman–Crippen MR) is 137 cm³/mol. The molecule has 0 aliphatic rings. The van der Waals surface area contributed by atoms with Crippen molar-refractivity contribution in [2.75, 3.05) is 24.4 Å². The Kier molecular flexibility index (Phi) is 9.46. The molecule has 0 fully saturated rings. The van der Waals surface area contributed by atoms with Crippen LogP contribution in [0.15, 0.2) is 54.9 Å². The van der Waals surface area contributed by atoms with Gasteiger partial charge in [0, 0.05) is 24.0 Å². The molecule has 0 spiro atoms. The number of hydrogen-bond donors (Lipinski definition) is 2. The molecular formula is C26H26ClN5O3. The van der Waals surface area contributed by atoms with Gasteiger partial charge in [0.15, 0.2) is 17.3 Å². The molecule has 9 heteroatoms. The van der Waals surface area contributed by atoms with Crippen LogP contribution in [0.4, 0.5) is 17.3 Å². The van der Waals surface area contributed by atoms with E-state index in [0.717, 1.165) is 24.8 Å². The number of halogens is 1. The molecule has 3 rings (SSSR count). The van der Waals surface area contributed by atoms with Crippen molar-refractivity contribution in [2.24, 2.45) is 0 Å². The van der Waals surface area contributed by atoms with Crippen LogP contribution in [-0.2, 0) is 4.79 Å². The first-order chi connectivity index (χ1) is 17.0. The highest BCUT2D eigenvalue weighted by Gasteiger charge is 2.11. The predicted octanol–water partition coefficient (Wildman–Crippen LogP) is 5.97. The fraction of sp³-hybridized carbons (Fsp3) is 0.231. The lowest BCUT2D eigenvalue weighted by Gasteiger charge is -2.13. The van der Waals surface area contributed by atoms with Gasteiger partial charge in [-0.2, -0.15) is 5.26 Å². The number of aromatic nitrogens is 2. The number of nitrogens with zero attached hydrogens (tertiary/aromatic N) is 3. The topological polar surface area (TPSA) is 109 Å². The number of nitriles is 1. The normalized spacial score (nSPS) is 10.6. The molecule has 0 radical (unpaired) electrons. The molecular weight excluding hydrogens is 466 g/mol. The Balaban J connectivity index is 1.75. The second-order valence-electron chi connectivity index (χ2n) is 7.48. The van der Waals surface area contributed by atoms with Gasteiger partial charge in [0.2, 0.25) is 5.91 Å². The van der Waals surface area contributed by atoms with Crippen molar-refractivity contribution < 1.29 is 14.3 Å². The van der Waals surface area contributed by atoms with Crippen LogP contribution in [0.5, 0.6) is 11.5 Å². The molecule has 1 aromatic carbocycles. The van der Waals surface area contributed by atoms with Crippen molar-refractivity contribution in [2.45, 2.75) is 26.2 Å². The van der Waals surface area contributed by atoms with Gasteiger partial charge in [0.25, 0.3) is 0 Å². The van der Waals surface area contributed by atoms with Crippen LogP contribution in [0.25, 0.3) is 6.08 Å². The number of carbonyl (C=O) groups excluding carboxylic acids is 1. The average molecular weight is 492 g/mol. The summed E-state index contributed by atoms with van der Waals surface area (Å²) in [5.74, 6) is 1.63. The van der Waals surface area contributed by atoms with E-state index in [-0.39, 0.29) is 5.91 Å². The molecule has 35 heavy (non-hydrogen) atoms. The van der Waals surface area contributed by atoms with Crippen LogP contribution in [0.2, 0.25) is 5.02 Å². The molecule has 8 nitrogen and oxygen atoms in total. The number of hydrogen-bond acceptors (Lipinski definition) is 7. The zero-order chi connectivity index (χ0) is 25.0. The maximum Gasteiger partial charge on any atom is 0.248 e. The lowest BCUT2D eigenvalue weighted by atomic mass is 10.1. The Labute approximate surface area is 209 Å². The number of methoxy groups -OCH3 is 1. The highest BCUT2D eigenvalue weighted by molar-refractivity contribution is 6.31. The molecule has 0 aliphatic heterocycles. The molecule has 2 heterocycles. The minimum atomic E-state index is -0.385. The summed E-state index contributed by atoms with van der Waals surface area (Å²) in [5, 5.41) is 15.1. The van der Waals surface area contributed by atoms with Crippen LogP contribution in [0, 0.1) is 11.3 Å². The maximum atomic E-state index is 12.7. The van der Waals surface area contributed by atoms with Gasteiger partial charge < -0.3 is 20.1 Å². The van der Waals surface area contributed by atoms with Gasteiger partial charge in [-0.25, -0.2) is 9.97 Å². The van der Waals surface area contributed by atoms with Gasteiger partial charge in [0.1, 0.15) is 11.9 Å². The third kappa shape index (κ3) is 7.45. The number of amides is 1. The average Bonchev–Trinajstić information content (AvgIpc) is 2.87. The number of unbranched alkanes of at least 4 members (excludes halogenated alkanes) is 2. The SMILES string of the molecule is CCCCCOc1c(/C=C/C(=O)Nc2cc(Cl)cnc2Nc2ccc(C#N)cn2)cccc1OC. The van der Waals surface area contributed by atoms with Crippen LogP contribution >= 0.6 is 11.6 Å². The summed E-state index contributed by atoms with van der Waals surface area (Å²) in [4.78, 5) is 21.1. The van der Waals surface area contributed by atoms with E-state index in [4.69, 9.17) is 26.3 Å². The summed E-state index contributed by atoms with van der Waals surface area (Å²) in [7, 11) is 1.58. The second kappa shape index (κ2) is 13.0. The van der Waals surface area contributed by atoms with Crippen LogP contribution in [0.3, 0.4) is 0 Å². The number of nitrogens with one attached hydrogen (secondary N) is 2. The Morgan fingerprint density at radius 2 is 2.06 bits per heavy atom. The molecule has 0 unspecified atom stereocenters. The van der Waals surface area contributed by atoms with Gasteiger partial charge in [-0.15, -0.1) is 0 Å². The van der Waals surface area contributed by atoms with Crippen molar-refractivity contribution in [1.82, 2.24) is 9.97 Å². The number of benzene rings is 1. The van der Waals surface area contributed by atoms with E-state index in [1.54, 1.807) is 31.4 Å². The Morgan fingerprint density at radius 1 is 1.20 bits per heavy atom. The largest absolute Gasteiger partial charge is 0.493 e. The van der Waals surface area contributed by atoms with Crippen molar-refractivity contribution in [3.8, 4) is 17.6 Å². The van der Waals surface area contributed by atoms with E-state index in [9.17, 15) is 4.79 Å². The summed E-state index contributed by atoms with van der Waals surface area (Å²) >= 11 is 6.10. The van der Waals surface area contributed by atoms with Crippen LogP contribution in [0.1, 0.15) is 37.3 Å². The summed E-state index contributed by atoms with van der Waals surface area (Å²) in [5.41, 5.74) is 1.53. The first kappa shape index (κ1) is 25.5. The minimum absolute atomic E-state index is 0.356. The Morgan fingerprint density at radius 3 is 2.77 bits per heavy atom. The third-order valence-corrected chi connectivity index (χ3v) is 5.10. The highest BCUT2D eigenvalue weighted by Crippen LogP contribution is 2.32. The van der Waals surface area contributed by atoms with Gasteiger partial charge in [-0.3, -0.25) is 4.79 Å². The standard InChI is InChI=1S/C26H26ClN5O3/c1-3-4-5-13-35-25-19(7-6-8-22(25)34-2)10-12-24(33)31-21-14-20(27)17-30-26(21)32-23-11-9-18(15-28)16-29-23/h6-12,14,16-17H,3-5,13H2,1-2H3,(H,31,33)(H,29,30,32)/b12-10+. The summed E-state index contributed by atoms with van der Waals surface area (Å²) in [6.07, 6.45) is 9.07. The van der Waals surface area contributed by atoms with Crippen molar-refractivity contribution >= 4 is 40.9 Å². The molecule has 0 bridgehead atoms. The van der Waals surface area contributed by atoms with E-state index in [2.05, 4.69) is 27.5 Å². The van der Waals surface area contributed by atoms with Gasteiger partial charge in [0.05, 0.1) is 30.0 Å². The van der Waals surface area contributed by atoms with Gasteiger partial charge >= 0.3 is 0 Å². The summed E-state index contributed by atoms with van der Waals surface area (Å²) < 4.78 is 11.4. The second-order valence-corrected chi connectivity index (χ2v) is 7.91. The van der Waals surface area contributed by atoms with E-state index >= 15 is 0 Å². The summed E-state index contributed by atoms with van der Waals surface area (Å²) in [6.45, 7) is 2.70. The van der Waals surface area contributed by atoms with Crippen LogP contribution < -0.4 is 20.1 Å².